The zero-order valence-electron chi connectivity index (χ0n) is 19.4. The molecule has 0 radical (unpaired) electrons. The molecule has 0 aliphatic carbocycles. The number of piperidine rings is 1. The third-order valence-corrected chi connectivity index (χ3v) is 7.14. The van der Waals surface area contributed by atoms with Crippen LogP contribution in [0.1, 0.15) is 43.2 Å². The fourth-order valence-electron chi connectivity index (χ4n) is 5.18. The van der Waals surface area contributed by atoms with Gasteiger partial charge in [-0.15, -0.1) is 0 Å². The van der Waals surface area contributed by atoms with Gasteiger partial charge >= 0.3 is 0 Å². The number of aromatic nitrogens is 3. The van der Waals surface area contributed by atoms with Crippen LogP contribution in [0.15, 0.2) is 41.1 Å². The van der Waals surface area contributed by atoms with Gasteiger partial charge in [0.1, 0.15) is 5.82 Å². The maximum atomic E-state index is 11.5. The van der Waals surface area contributed by atoms with Gasteiger partial charge < -0.3 is 24.6 Å². The van der Waals surface area contributed by atoms with Crippen LogP contribution >= 0.6 is 0 Å². The average Bonchev–Trinajstić information content (AvgIpc) is 3.65. The smallest absolute Gasteiger partial charge is 0.244 e. The lowest BCUT2D eigenvalue weighted by Crippen LogP contribution is -2.38. The number of carbonyl (C=O) groups is 1. The standard InChI is InChI=1S/C25H28N6O4/c26-23(32)17-6-10-30(11-7-17)22-13-18(5-8-27-22)24-28-25(35-29-24)19-2-1-9-31(19)14-16-3-4-20-21(12-16)34-15-33-20/h3-5,8,12-13,17,19H,1-2,6-7,9-11,14-15H2,(H2,26,32)/t19-/m0/s1. The second kappa shape index (κ2) is 9.18. The fourth-order valence-corrected chi connectivity index (χ4v) is 5.18. The predicted octanol–water partition coefficient (Wildman–Crippen LogP) is 2.90. The number of likely N-dealkylation sites (tertiary alicyclic amines) is 1. The van der Waals surface area contributed by atoms with Crippen LogP contribution in [-0.4, -0.2) is 52.4 Å². The Kier molecular flexibility index (Phi) is 5.73. The molecule has 6 rings (SSSR count). The molecule has 0 bridgehead atoms. The normalized spacial score (nSPS) is 20.5. The van der Waals surface area contributed by atoms with Crippen molar-refractivity contribution in [1.29, 1.82) is 0 Å². The van der Waals surface area contributed by atoms with E-state index in [2.05, 4.69) is 26.0 Å². The van der Waals surface area contributed by atoms with Crippen LogP contribution in [0.4, 0.5) is 5.82 Å². The summed E-state index contributed by atoms with van der Waals surface area (Å²) in [5.41, 5.74) is 7.50. The van der Waals surface area contributed by atoms with E-state index in [1.54, 1.807) is 6.20 Å². The van der Waals surface area contributed by atoms with Crippen LogP contribution in [0.3, 0.4) is 0 Å². The highest BCUT2D eigenvalue weighted by Crippen LogP contribution is 2.36. The average molecular weight is 477 g/mol. The molecular formula is C25H28N6O4. The topological polar surface area (TPSA) is 120 Å². The molecule has 2 fully saturated rings. The number of nitrogens with two attached hydrogens (primary N) is 1. The van der Waals surface area contributed by atoms with Crippen molar-refractivity contribution in [1.82, 2.24) is 20.0 Å². The summed E-state index contributed by atoms with van der Waals surface area (Å²) >= 11 is 0. The Labute approximate surface area is 203 Å². The number of fused-ring (bicyclic) bond motifs is 1. The minimum absolute atomic E-state index is 0.0544. The van der Waals surface area contributed by atoms with Crippen LogP contribution in [0.2, 0.25) is 0 Å². The summed E-state index contributed by atoms with van der Waals surface area (Å²) in [5, 5.41) is 4.28. The Balaban J connectivity index is 1.15. The molecule has 0 spiro atoms. The Morgan fingerprint density at radius 2 is 1.91 bits per heavy atom. The zero-order chi connectivity index (χ0) is 23.8. The van der Waals surface area contributed by atoms with Crippen molar-refractivity contribution in [2.45, 2.75) is 38.3 Å². The lowest BCUT2D eigenvalue weighted by Gasteiger charge is -2.31. The maximum absolute atomic E-state index is 11.5. The largest absolute Gasteiger partial charge is 0.454 e. The SMILES string of the molecule is NC(=O)C1CCN(c2cc(-c3noc([C@@H]4CCCN4Cc4ccc5c(c4)OCO5)n3)ccn2)CC1. The van der Waals surface area contributed by atoms with E-state index in [0.29, 0.717) is 11.7 Å². The van der Waals surface area contributed by atoms with Gasteiger partial charge in [0, 0.05) is 37.3 Å². The molecule has 10 heteroatoms. The molecule has 182 valence electrons. The molecule has 2 aromatic heterocycles. The van der Waals surface area contributed by atoms with Crippen molar-refractivity contribution in [3.63, 3.8) is 0 Å². The van der Waals surface area contributed by atoms with Crippen LogP contribution in [0, 0.1) is 5.92 Å². The van der Waals surface area contributed by atoms with E-state index in [-0.39, 0.29) is 24.7 Å². The summed E-state index contributed by atoms with van der Waals surface area (Å²) in [5.74, 6) is 3.37. The van der Waals surface area contributed by atoms with E-state index in [0.717, 1.165) is 74.7 Å². The molecule has 1 amide bonds. The number of nitrogens with zero attached hydrogens (tertiary/aromatic N) is 5. The first kappa shape index (κ1) is 21.8. The summed E-state index contributed by atoms with van der Waals surface area (Å²) in [7, 11) is 0. The first-order valence-corrected chi connectivity index (χ1v) is 12.1. The van der Waals surface area contributed by atoms with E-state index in [4.69, 9.17) is 24.7 Å². The Bertz CT molecular complexity index is 1220. The lowest BCUT2D eigenvalue weighted by molar-refractivity contribution is -0.122. The summed E-state index contributed by atoms with van der Waals surface area (Å²) in [6.45, 7) is 3.52. The van der Waals surface area contributed by atoms with Gasteiger partial charge in [-0.25, -0.2) is 4.98 Å². The molecule has 3 aliphatic heterocycles. The lowest BCUT2D eigenvalue weighted by atomic mass is 9.96. The number of hydrogen-bond donors (Lipinski definition) is 1. The first-order chi connectivity index (χ1) is 17.1. The molecule has 35 heavy (non-hydrogen) atoms. The van der Waals surface area contributed by atoms with Gasteiger partial charge in [0.15, 0.2) is 11.5 Å². The molecule has 10 nitrogen and oxygen atoms in total. The van der Waals surface area contributed by atoms with Crippen molar-refractivity contribution < 1.29 is 18.8 Å². The number of ether oxygens (including phenoxy) is 2. The number of pyridine rings is 1. The van der Waals surface area contributed by atoms with Crippen molar-refractivity contribution in [2.75, 3.05) is 31.3 Å². The number of primary amides is 1. The molecule has 0 saturated carbocycles. The van der Waals surface area contributed by atoms with Gasteiger partial charge in [-0.05, 0) is 62.1 Å². The van der Waals surface area contributed by atoms with Crippen molar-refractivity contribution in [2.24, 2.45) is 11.7 Å². The molecule has 0 unspecified atom stereocenters. The van der Waals surface area contributed by atoms with Crippen LogP contribution in [0.5, 0.6) is 11.5 Å². The monoisotopic (exact) mass is 476 g/mol. The highest BCUT2D eigenvalue weighted by atomic mass is 16.7. The third kappa shape index (κ3) is 4.41. The summed E-state index contributed by atoms with van der Waals surface area (Å²) < 4.78 is 16.7. The quantitative estimate of drug-likeness (QED) is 0.572. The molecule has 5 heterocycles. The van der Waals surface area contributed by atoms with Crippen molar-refractivity contribution in [3.05, 3.63) is 48.0 Å². The van der Waals surface area contributed by atoms with Crippen LogP contribution in [-0.2, 0) is 11.3 Å². The molecule has 2 saturated heterocycles. The van der Waals surface area contributed by atoms with Gasteiger partial charge in [0.25, 0.3) is 0 Å². The fraction of sp³-hybridized carbons (Fsp3) is 0.440. The number of benzene rings is 1. The Hall–Kier alpha value is -3.66. The summed E-state index contributed by atoms with van der Waals surface area (Å²) in [4.78, 5) is 25.3. The van der Waals surface area contributed by atoms with Crippen LogP contribution < -0.4 is 20.1 Å². The van der Waals surface area contributed by atoms with Crippen LogP contribution in [0.25, 0.3) is 11.4 Å². The van der Waals surface area contributed by atoms with Crippen molar-refractivity contribution >= 4 is 11.7 Å². The number of hydrogen-bond acceptors (Lipinski definition) is 9. The second-order valence-corrected chi connectivity index (χ2v) is 9.34. The van der Waals surface area contributed by atoms with Gasteiger partial charge in [0.05, 0.1) is 6.04 Å². The van der Waals surface area contributed by atoms with E-state index >= 15 is 0 Å². The minimum atomic E-state index is -0.217. The Morgan fingerprint density at radius 3 is 2.77 bits per heavy atom. The van der Waals surface area contributed by atoms with E-state index in [1.165, 1.54) is 5.56 Å². The minimum Gasteiger partial charge on any atom is -0.454 e. The predicted molar refractivity (Wildman–Crippen MR) is 127 cm³/mol. The number of rotatable bonds is 6. The second-order valence-electron chi connectivity index (χ2n) is 9.34. The van der Waals surface area contributed by atoms with E-state index < -0.39 is 0 Å². The highest BCUT2D eigenvalue weighted by Gasteiger charge is 2.31. The van der Waals surface area contributed by atoms with E-state index in [1.807, 2.05) is 24.3 Å². The van der Waals surface area contributed by atoms with Gasteiger partial charge in [-0.2, -0.15) is 4.98 Å². The highest BCUT2D eigenvalue weighted by molar-refractivity contribution is 5.77. The Morgan fingerprint density at radius 1 is 1.06 bits per heavy atom. The molecule has 3 aromatic rings. The van der Waals surface area contributed by atoms with Gasteiger partial charge in [-0.1, -0.05) is 11.2 Å². The third-order valence-electron chi connectivity index (χ3n) is 7.14. The molecule has 1 aromatic carbocycles. The summed E-state index contributed by atoms with van der Waals surface area (Å²) in [6.07, 6.45) is 5.31. The van der Waals surface area contributed by atoms with Gasteiger partial charge in [-0.3, -0.25) is 9.69 Å². The molecule has 2 N–H and O–H groups in total. The number of amides is 1. The number of carbonyl (C=O) groups excluding carboxylic acids is 1. The number of anilines is 1. The first-order valence-electron chi connectivity index (χ1n) is 12.1. The summed E-state index contributed by atoms with van der Waals surface area (Å²) in [6, 6.07) is 10.0. The maximum Gasteiger partial charge on any atom is 0.244 e. The van der Waals surface area contributed by atoms with E-state index in [9.17, 15) is 4.79 Å². The molecule has 1 atom stereocenters. The molecular weight excluding hydrogens is 448 g/mol. The zero-order valence-corrected chi connectivity index (χ0v) is 19.4. The molecule has 3 aliphatic rings. The van der Waals surface area contributed by atoms with Gasteiger partial charge in [0.2, 0.25) is 24.4 Å². The van der Waals surface area contributed by atoms with Crippen molar-refractivity contribution in [3.8, 4) is 22.9 Å².